The average Bonchev–Trinajstić information content (AvgIpc) is 3.66. The van der Waals surface area contributed by atoms with E-state index in [0.717, 1.165) is 71.1 Å². The first kappa shape index (κ1) is 25.2. The minimum Gasteiger partial charge on any atom is -0.494 e. The lowest BCUT2D eigenvalue weighted by Gasteiger charge is -2.18. The number of methoxy groups -OCH3 is 1. The number of nitrogens with zero attached hydrogens (tertiary/aromatic N) is 3. The molecule has 3 aromatic rings. The fourth-order valence-electron chi connectivity index (χ4n) is 4.07. The molecule has 1 fully saturated rings. The molecule has 1 aliphatic carbocycles. The van der Waals surface area contributed by atoms with Gasteiger partial charge in [0.1, 0.15) is 5.75 Å². The lowest BCUT2D eigenvalue weighted by Crippen LogP contribution is -2.24. The van der Waals surface area contributed by atoms with Crippen LogP contribution >= 0.6 is 0 Å². The van der Waals surface area contributed by atoms with E-state index in [4.69, 9.17) is 9.72 Å². The highest BCUT2D eigenvalue weighted by atomic mass is 16.5. The van der Waals surface area contributed by atoms with E-state index in [9.17, 15) is 4.79 Å². The Hall–Kier alpha value is -3.87. The van der Waals surface area contributed by atoms with Crippen molar-refractivity contribution in [3.63, 3.8) is 0 Å². The second kappa shape index (κ2) is 11.2. The highest BCUT2D eigenvalue weighted by Gasteiger charge is 2.30. The van der Waals surface area contributed by atoms with Crippen molar-refractivity contribution in [1.29, 1.82) is 0 Å². The van der Waals surface area contributed by atoms with Crippen molar-refractivity contribution < 1.29 is 9.53 Å². The van der Waals surface area contributed by atoms with Crippen LogP contribution in [-0.4, -0.2) is 27.6 Å². The molecule has 1 aromatic carbocycles. The third kappa shape index (κ3) is 6.03. The third-order valence-corrected chi connectivity index (χ3v) is 6.12. The van der Waals surface area contributed by atoms with Gasteiger partial charge < -0.3 is 19.9 Å². The van der Waals surface area contributed by atoms with Crippen LogP contribution in [0.5, 0.6) is 5.75 Å². The van der Waals surface area contributed by atoms with E-state index in [0.29, 0.717) is 5.75 Å². The van der Waals surface area contributed by atoms with Crippen molar-refractivity contribution in [2.75, 3.05) is 12.4 Å². The highest BCUT2D eigenvalue weighted by Crippen LogP contribution is 2.38. The zero-order chi connectivity index (χ0) is 25.7. The number of pyridine rings is 1. The van der Waals surface area contributed by atoms with E-state index >= 15 is 0 Å². The molecule has 0 aliphatic heterocycles. The number of para-hydroxylation sites is 1. The molecule has 0 spiro atoms. The van der Waals surface area contributed by atoms with Crippen LogP contribution in [0.3, 0.4) is 0 Å². The van der Waals surface area contributed by atoms with Gasteiger partial charge in [-0.05, 0) is 51.3 Å². The number of ether oxygens (including phenoxy) is 1. The van der Waals surface area contributed by atoms with Gasteiger partial charge in [-0.2, -0.15) is 0 Å². The number of imidazole rings is 1. The quantitative estimate of drug-likeness (QED) is 0.356. The number of carbonyl (C=O) groups excluding carboxylic acids is 1. The molecule has 2 aromatic heterocycles. The molecule has 1 amide bonds. The summed E-state index contributed by atoms with van der Waals surface area (Å²) in [5.74, 6) is 1.67. The summed E-state index contributed by atoms with van der Waals surface area (Å²) in [5, 5.41) is 6.68. The van der Waals surface area contributed by atoms with Crippen LogP contribution < -0.4 is 15.4 Å². The lowest BCUT2D eigenvalue weighted by atomic mass is 10.0. The van der Waals surface area contributed by atoms with Crippen molar-refractivity contribution in [2.24, 2.45) is 13.0 Å². The van der Waals surface area contributed by atoms with Crippen molar-refractivity contribution in [3.05, 3.63) is 77.8 Å². The molecule has 2 heterocycles. The molecule has 0 radical (unpaired) electrons. The molecular weight excluding hydrogens is 450 g/mol. The number of nitrogens with one attached hydrogen (secondary N) is 2. The number of unbranched alkanes of at least 4 members (excludes halogenated alkanes) is 1. The van der Waals surface area contributed by atoms with Crippen molar-refractivity contribution in [1.82, 2.24) is 19.9 Å². The van der Waals surface area contributed by atoms with Crippen LogP contribution in [0.1, 0.15) is 49.8 Å². The van der Waals surface area contributed by atoms with Crippen molar-refractivity contribution in [2.45, 2.75) is 46.5 Å². The summed E-state index contributed by atoms with van der Waals surface area (Å²) in [7, 11) is 3.64. The average molecular weight is 486 g/mol. The Morgan fingerprint density at radius 1 is 1.19 bits per heavy atom. The van der Waals surface area contributed by atoms with Gasteiger partial charge >= 0.3 is 0 Å². The fourth-order valence-corrected chi connectivity index (χ4v) is 4.07. The number of aromatic nitrogens is 3. The summed E-state index contributed by atoms with van der Waals surface area (Å²) in [4.78, 5) is 21.8. The van der Waals surface area contributed by atoms with E-state index in [-0.39, 0.29) is 11.8 Å². The van der Waals surface area contributed by atoms with Crippen LogP contribution in [0.15, 0.2) is 60.6 Å². The van der Waals surface area contributed by atoms with Crippen molar-refractivity contribution in [3.8, 4) is 16.9 Å². The van der Waals surface area contributed by atoms with Crippen LogP contribution in [0.25, 0.3) is 16.8 Å². The predicted octanol–water partition coefficient (Wildman–Crippen LogP) is 5.77. The normalized spacial score (nSPS) is 14.0. The molecule has 188 valence electrons. The first-order valence-electron chi connectivity index (χ1n) is 12.5. The van der Waals surface area contributed by atoms with E-state index < -0.39 is 0 Å². The Balaban J connectivity index is 1.76. The van der Waals surface area contributed by atoms with Gasteiger partial charge in [-0.15, -0.1) is 0 Å². The second-order valence-corrected chi connectivity index (χ2v) is 9.29. The largest absolute Gasteiger partial charge is 0.494 e. The predicted molar refractivity (Wildman–Crippen MR) is 144 cm³/mol. The Morgan fingerprint density at radius 3 is 2.61 bits per heavy atom. The molecule has 2 N–H and O–H groups in total. The zero-order valence-corrected chi connectivity index (χ0v) is 21.8. The summed E-state index contributed by atoms with van der Waals surface area (Å²) in [6.07, 6.45) is 11.6. The number of amides is 1. The highest BCUT2D eigenvalue weighted by molar-refractivity contribution is 5.86. The van der Waals surface area contributed by atoms with Crippen molar-refractivity contribution >= 4 is 17.3 Å². The number of allylic oxidation sites excluding steroid dienone is 2. The van der Waals surface area contributed by atoms with Gasteiger partial charge in [-0.3, -0.25) is 9.78 Å². The smallest absolute Gasteiger partial charge is 0.227 e. The van der Waals surface area contributed by atoms with Gasteiger partial charge in [0.2, 0.25) is 5.91 Å². The van der Waals surface area contributed by atoms with Crippen LogP contribution in [0.4, 0.5) is 5.69 Å². The molecule has 4 rings (SSSR count). The summed E-state index contributed by atoms with van der Waals surface area (Å²) >= 11 is 0. The molecular formula is C29H35N5O2. The maximum atomic E-state index is 12.6. The van der Waals surface area contributed by atoms with Gasteiger partial charge in [0.25, 0.3) is 0 Å². The summed E-state index contributed by atoms with van der Waals surface area (Å²) in [6, 6.07) is 10.0. The Labute approximate surface area is 213 Å². The minimum absolute atomic E-state index is 0.0791. The first-order chi connectivity index (χ1) is 17.4. The Bertz CT molecular complexity index is 1280. The number of hydrogen-bond acceptors (Lipinski definition) is 5. The van der Waals surface area contributed by atoms with Crippen LogP contribution in [0.2, 0.25) is 0 Å². The molecule has 36 heavy (non-hydrogen) atoms. The zero-order valence-electron chi connectivity index (χ0n) is 21.8. The maximum absolute atomic E-state index is 12.6. The maximum Gasteiger partial charge on any atom is 0.227 e. The summed E-state index contributed by atoms with van der Waals surface area (Å²) in [5.41, 5.74) is 6.12. The lowest BCUT2D eigenvalue weighted by molar-refractivity contribution is -0.121. The SMILES string of the molecule is CCC/C=C(/C=C(/Nc1cccc(-c2ccc(C)nc2)c1OC)c1nc(C)cn1C)NC(=O)C1CC1. The fraction of sp³-hybridized carbons (Fsp3) is 0.345. The third-order valence-electron chi connectivity index (χ3n) is 6.12. The van der Waals surface area contributed by atoms with Gasteiger partial charge in [0, 0.05) is 47.9 Å². The molecule has 0 atom stereocenters. The van der Waals surface area contributed by atoms with E-state index in [1.165, 1.54) is 0 Å². The summed E-state index contributed by atoms with van der Waals surface area (Å²) < 4.78 is 7.86. The van der Waals surface area contributed by atoms with E-state index in [1.54, 1.807) is 7.11 Å². The first-order valence-corrected chi connectivity index (χ1v) is 12.5. The van der Waals surface area contributed by atoms with E-state index in [1.807, 2.05) is 74.3 Å². The number of carbonyl (C=O) groups is 1. The molecule has 0 saturated heterocycles. The van der Waals surface area contributed by atoms with Gasteiger partial charge in [0.05, 0.1) is 24.2 Å². The Morgan fingerprint density at radius 2 is 2.00 bits per heavy atom. The topological polar surface area (TPSA) is 81.1 Å². The monoisotopic (exact) mass is 485 g/mol. The van der Waals surface area contributed by atoms with Crippen LogP contribution in [0, 0.1) is 19.8 Å². The van der Waals surface area contributed by atoms with Crippen LogP contribution in [-0.2, 0) is 11.8 Å². The number of hydrogen-bond donors (Lipinski definition) is 2. The minimum atomic E-state index is 0.0791. The second-order valence-electron chi connectivity index (χ2n) is 9.29. The molecule has 7 heteroatoms. The molecule has 7 nitrogen and oxygen atoms in total. The van der Waals surface area contributed by atoms with Gasteiger partial charge in [-0.25, -0.2) is 4.98 Å². The molecule has 0 bridgehead atoms. The molecule has 1 aliphatic rings. The van der Waals surface area contributed by atoms with E-state index in [2.05, 4.69) is 28.6 Å². The standard InChI is InChI=1S/C29H35N5O2/c1-6-7-9-23(32-29(35)21-14-15-21)16-26(28-31-20(3)18-34(28)4)33-25-11-8-10-24(27(25)36-5)22-13-12-19(2)30-17-22/h8-13,16-18,21,33H,6-7,14-15H2,1-5H3,(H,32,35)/b23-9-,26-16+. The van der Waals surface area contributed by atoms with Gasteiger partial charge in [-0.1, -0.05) is 37.6 Å². The summed E-state index contributed by atoms with van der Waals surface area (Å²) in [6.45, 7) is 6.06. The Kier molecular flexibility index (Phi) is 7.88. The number of benzene rings is 1. The number of anilines is 1. The number of rotatable bonds is 10. The van der Waals surface area contributed by atoms with Gasteiger partial charge in [0.15, 0.2) is 5.82 Å². The molecule has 1 saturated carbocycles. The number of aryl methyl sites for hydroxylation is 3. The molecule has 0 unspecified atom stereocenters.